The van der Waals surface area contributed by atoms with E-state index >= 15 is 0 Å². The van der Waals surface area contributed by atoms with Gasteiger partial charge in [0.15, 0.2) is 11.6 Å². The summed E-state index contributed by atoms with van der Waals surface area (Å²) in [6.07, 6.45) is -0.174. The zero-order valence-electron chi connectivity index (χ0n) is 20.3. The van der Waals surface area contributed by atoms with E-state index in [4.69, 9.17) is 10.5 Å². The number of pyridine rings is 1. The largest absolute Gasteiger partial charge is 0.573 e. The van der Waals surface area contributed by atoms with Crippen molar-refractivity contribution in [1.82, 2.24) is 14.8 Å². The molecule has 3 N–H and O–H groups in total. The van der Waals surface area contributed by atoms with Gasteiger partial charge in [-0.05, 0) is 30.4 Å². The van der Waals surface area contributed by atoms with Crippen LogP contribution in [0.15, 0.2) is 30.7 Å². The molecule has 192 valence electrons. The topological polar surface area (TPSA) is 84.1 Å². The van der Waals surface area contributed by atoms with E-state index in [9.17, 15) is 18.3 Å². The van der Waals surface area contributed by atoms with E-state index in [1.165, 1.54) is 12.3 Å². The number of ether oxygens (including phenoxy) is 2. The van der Waals surface area contributed by atoms with Gasteiger partial charge in [0.05, 0.1) is 19.3 Å². The second-order valence-corrected chi connectivity index (χ2v) is 8.74. The monoisotopic (exact) mass is 486 g/mol. The smallest absolute Gasteiger partial charge is 0.402 e. The van der Waals surface area contributed by atoms with Gasteiger partial charge in [0.25, 0.3) is 0 Å². The minimum Gasteiger partial charge on any atom is -0.402 e. The van der Waals surface area contributed by atoms with E-state index in [0.717, 1.165) is 51.3 Å². The first-order chi connectivity index (χ1) is 16.0. The molecule has 1 aromatic heterocycles. The van der Waals surface area contributed by atoms with Crippen LogP contribution in [-0.4, -0.2) is 71.7 Å². The molecular formula is C24H37F3N4O3. The number of nitrogens with zero attached hydrogens (tertiary/aromatic N) is 3. The van der Waals surface area contributed by atoms with Crippen molar-refractivity contribution in [3.05, 3.63) is 36.3 Å². The number of morpholine rings is 1. The number of hydrogen-bond donors (Lipinski definition) is 2. The Kier molecular flexibility index (Phi) is 10.7. The highest BCUT2D eigenvalue weighted by atomic mass is 19.4. The highest BCUT2D eigenvalue weighted by Crippen LogP contribution is 2.32. The molecule has 0 amide bonds. The predicted octanol–water partition coefficient (Wildman–Crippen LogP) is 4.26. The lowest BCUT2D eigenvalue weighted by atomic mass is 10.0. The molecule has 7 nitrogen and oxygen atoms in total. The molecule has 1 aliphatic heterocycles. The van der Waals surface area contributed by atoms with Crippen molar-refractivity contribution in [2.45, 2.75) is 52.5 Å². The maximum atomic E-state index is 12.8. The lowest BCUT2D eigenvalue weighted by molar-refractivity contribution is -0.274. The van der Waals surface area contributed by atoms with Crippen molar-refractivity contribution in [2.75, 3.05) is 45.1 Å². The summed E-state index contributed by atoms with van der Waals surface area (Å²) < 4.78 is 47.8. The summed E-state index contributed by atoms with van der Waals surface area (Å²) in [6, 6.07) is 1.25. The van der Waals surface area contributed by atoms with Crippen LogP contribution >= 0.6 is 0 Å². The van der Waals surface area contributed by atoms with Crippen molar-refractivity contribution in [3.63, 3.8) is 0 Å². The van der Waals surface area contributed by atoms with E-state index in [1.807, 2.05) is 31.9 Å². The Morgan fingerprint density at radius 2 is 2.06 bits per heavy atom. The van der Waals surface area contributed by atoms with E-state index in [2.05, 4.69) is 21.2 Å². The number of rotatable bonds is 12. The summed E-state index contributed by atoms with van der Waals surface area (Å²) in [5.41, 5.74) is 7.37. The lowest BCUT2D eigenvalue weighted by Gasteiger charge is -2.31. The van der Waals surface area contributed by atoms with Crippen molar-refractivity contribution in [1.29, 1.82) is 0 Å². The van der Waals surface area contributed by atoms with E-state index in [0.29, 0.717) is 24.2 Å². The highest BCUT2D eigenvalue weighted by molar-refractivity contribution is 5.68. The van der Waals surface area contributed by atoms with E-state index in [-0.39, 0.29) is 11.7 Å². The minimum atomic E-state index is -4.87. The van der Waals surface area contributed by atoms with Gasteiger partial charge in [0.1, 0.15) is 0 Å². The molecule has 1 saturated heterocycles. The third-order valence-electron chi connectivity index (χ3n) is 5.63. The van der Waals surface area contributed by atoms with Crippen LogP contribution in [0, 0.1) is 5.92 Å². The van der Waals surface area contributed by atoms with Gasteiger partial charge in [-0.3, -0.25) is 4.90 Å². The molecule has 2 rings (SSSR count). The standard InChI is InChI=1S/C24H37F3N4O3/c1-5-7-19(20-14-21(23(28)29-15-20)34-24(25,26)27)16-31(18(4)22(32)17(2)3)9-6-8-30-10-12-33-13-11-30/h14-17,22,32H,4-13H2,1-3H3,(H2,28,29)/b19-16+. The molecule has 0 bridgehead atoms. The average molecular weight is 487 g/mol. The predicted molar refractivity (Wildman–Crippen MR) is 127 cm³/mol. The summed E-state index contributed by atoms with van der Waals surface area (Å²) in [5, 5.41) is 10.7. The Balaban J connectivity index is 2.31. The normalized spacial score (nSPS) is 16.5. The third-order valence-corrected chi connectivity index (χ3v) is 5.63. The van der Waals surface area contributed by atoms with Crippen molar-refractivity contribution in [3.8, 4) is 5.75 Å². The van der Waals surface area contributed by atoms with Gasteiger partial charge in [0.2, 0.25) is 0 Å². The Bertz CT molecular complexity index is 824. The molecule has 34 heavy (non-hydrogen) atoms. The second-order valence-electron chi connectivity index (χ2n) is 8.74. The minimum absolute atomic E-state index is 0.0396. The van der Waals surface area contributed by atoms with Gasteiger partial charge in [-0.1, -0.05) is 33.8 Å². The molecule has 1 aromatic rings. The Morgan fingerprint density at radius 3 is 2.65 bits per heavy atom. The molecule has 0 aromatic carbocycles. The lowest BCUT2D eigenvalue weighted by Crippen LogP contribution is -2.38. The van der Waals surface area contributed by atoms with Crippen molar-refractivity contribution in [2.24, 2.45) is 5.92 Å². The Labute approximate surface area is 200 Å². The quantitative estimate of drug-likeness (QED) is 0.457. The highest BCUT2D eigenvalue weighted by Gasteiger charge is 2.32. The maximum absolute atomic E-state index is 12.8. The molecule has 0 spiro atoms. The Hall–Kier alpha value is -2.30. The number of nitrogen functional groups attached to an aromatic ring is 1. The van der Waals surface area contributed by atoms with E-state index < -0.39 is 18.2 Å². The van der Waals surface area contributed by atoms with Crippen molar-refractivity contribution >= 4 is 11.4 Å². The first kappa shape index (κ1) is 27.9. The number of aromatic nitrogens is 1. The molecule has 10 heteroatoms. The van der Waals surface area contributed by atoms with Gasteiger partial charge in [-0.25, -0.2) is 4.98 Å². The molecule has 0 aliphatic carbocycles. The number of halogens is 3. The number of hydrogen-bond acceptors (Lipinski definition) is 7. The first-order valence-electron chi connectivity index (χ1n) is 11.7. The first-order valence-corrected chi connectivity index (χ1v) is 11.7. The van der Waals surface area contributed by atoms with Crippen molar-refractivity contribution < 1.29 is 27.8 Å². The van der Waals surface area contributed by atoms with Crippen LogP contribution < -0.4 is 10.5 Å². The summed E-state index contributed by atoms with van der Waals surface area (Å²) in [5.74, 6) is -0.909. The number of aliphatic hydroxyl groups excluding tert-OH is 1. The maximum Gasteiger partial charge on any atom is 0.573 e. The number of aliphatic hydroxyl groups is 1. The number of anilines is 1. The van der Waals surface area contributed by atoms with Gasteiger partial charge < -0.3 is 25.2 Å². The van der Waals surface area contributed by atoms with Crippen LogP contribution in [0.5, 0.6) is 5.75 Å². The fourth-order valence-corrected chi connectivity index (χ4v) is 3.71. The summed E-state index contributed by atoms with van der Waals surface area (Å²) in [6.45, 7) is 14.6. The summed E-state index contributed by atoms with van der Waals surface area (Å²) in [7, 11) is 0. The van der Waals surface area contributed by atoms with E-state index in [1.54, 1.807) is 0 Å². The van der Waals surface area contributed by atoms with Crippen LogP contribution in [0.2, 0.25) is 0 Å². The fraction of sp³-hybridized carbons (Fsp3) is 0.625. The molecule has 1 unspecified atom stereocenters. The molecule has 0 saturated carbocycles. The second kappa shape index (κ2) is 13.0. The molecular weight excluding hydrogens is 449 g/mol. The molecule has 0 radical (unpaired) electrons. The van der Waals surface area contributed by atoms with Gasteiger partial charge in [-0.2, -0.15) is 0 Å². The SMILES string of the molecule is C=C(C(O)C(C)C)N(/C=C(\CCC)c1cnc(N)c(OC(F)(F)F)c1)CCCN1CCOCC1. The number of nitrogens with two attached hydrogens (primary N) is 1. The zero-order valence-corrected chi connectivity index (χ0v) is 20.3. The number of alkyl halides is 3. The summed E-state index contributed by atoms with van der Waals surface area (Å²) >= 11 is 0. The zero-order chi connectivity index (χ0) is 25.3. The van der Waals surface area contributed by atoms with Gasteiger partial charge >= 0.3 is 6.36 Å². The van der Waals surface area contributed by atoms with Crippen LogP contribution in [0.4, 0.5) is 19.0 Å². The van der Waals surface area contributed by atoms with Crippen LogP contribution in [0.25, 0.3) is 5.57 Å². The molecule has 1 atom stereocenters. The average Bonchev–Trinajstić information content (AvgIpc) is 2.78. The van der Waals surface area contributed by atoms with Crippen LogP contribution in [0.3, 0.4) is 0 Å². The van der Waals surface area contributed by atoms with Gasteiger partial charge in [0, 0.05) is 49.8 Å². The molecule has 1 fully saturated rings. The fourth-order valence-electron chi connectivity index (χ4n) is 3.71. The Morgan fingerprint density at radius 1 is 1.38 bits per heavy atom. The van der Waals surface area contributed by atoms with Gasteiger partial charge in [-0.15, -0.1) is 13.2 Å². The van der Waals surface area contributed by atoms with Crippen LogP contribution in [-0.2, 0) is 4.74 Å². The third kappa shape index (κ3) is 8.81. The molecule has 2 heterocycles. The van der Waals surface area contributed by atoms with Crippen LogP contribution in [0.1, 0.15) is 45.6 Å². The summed E-state index contributed by atoms with van der Waals surface area (Å²) in [4.78, 5) is 8.13. The molecule has 1 aliphatic rings. The number of allylic oxidation sites excluding steroid dienone is 1.